The Hall–Kier alpha value is -5.88. The lowest BCUT2D eigenvalue weighted by molar-refractivity contribution is -0.192. The lowest BCUT2D eigenvalue weighted by Crippen LogP contribution is -2.54. The maximum absolute atomic E-state index is 14.0. The second kappa shape index (κ2) is 24.6. The molecule has 13 N–H and O–H groups in total. The maximum atomic E-state index is 14.0. The van der Waals surface area contributed by atoms with Gasteiger partial charge in [0.1, 0.15) is 24.5 Å². The number of nitrogens with two attached hydrogens (primary N) is 4. The van der Waals surface area contributed by atoms with Crippen molar-refractivity contribution in [2.24, 2.45) is 39.8 Å². The second-order valence-electron chi connectivity index (χ2n) is 13.6. The molecule has 0 radical (unpaired) electrons. The van der Waals surface area contributed by atoms with Gasteiger partial charge in [0.15, 0.2) is 5.96 Å². The van der Waals surface area contributed by atoms with Crippen molar-refractivity contribution >= 4 is 41.6 Å². The monoisotopic (exact) mass is 805 g/mol. The van der Waals surface area contributed by atoms with Gasteiger partial charge in [-0.3, -0.25) is 24.8 Å². The fourth-order valence-electron chi connectivity index (χ4n) is 6.13. The smallest absolute Gasteiger partial charge is 0.475 e. The summed E-state index contributed by atoms with van der Waals surface area (Å²) in [6, 6.07) is 14.7. The number of benzene rings is 2. The molecule has 1 aliphatic carbocycles. The number of amides is 4. The highest BCUT2D eigenvalue weighted by Crippen LogP contribution is 2.32. The van der Waals surface area contributed by atoms with Gasteiger partial charge in [-0.1, -0.05) is 73.9 Å². The van der Waals surface area contributed by atoms with Crippen molar-refractivity contribution in [1.29, 1.82) is 5.41 Å². The molecule has 3 rings (SSSR count). The highest BCUT2D eigenvalue weighted by molar-refractivity contribution is 5.95. The number of carbonyl (C=O) groups is 5. The number of hydrogen-bond donors (Lipinski definition) is 9. The Kier molecular flexibility index (Phi) is 20.4. The minimum atomic E-state index is -5.08. The summed E-state index contributed by atoms with van der Waals surface area (Å²) in [5.41, 5.74) is 24.4. The van der Waals surface area contributed by atoms with Gasteiger partial charge in [-0.05, 0) is 68.4 Å². The van der Waals surface area contributed by atoms with Crippen LogP contribution < -0.4 is 38.9 Å². The molecule has 1 fully saturated rings. The van der Waals surface area contributed by atoms with Gasteiger partial charge < -0.3 is 48.7 Å². The number of nitrogens with zero attached hydrogens (tertiary/aromatic N) is 1. The molecule has 0 aromatic heterocycles. The molecule has 0 bridgehead atoms. The van der Waals surface area contributed by atoms with Crippen molar-refractivity contribution in [3.05, 3.63) is 71.3 Å². The number of guanidine groups is 1. The molecule has 1 aliphatic rings. The van der Waals surface area contributed by atoms with Crippen molar-refractivity contribution in [2.75, 3.05) is 13.1 Å². The van der Waals surface area contributed by atoms with E-state index in [2.05, 4.69) is 20.9 Å². The number of carboxylic acids is 1. The first-order chi connectivity index (χ1) is 27.0. The molecule has 0 saturated heterocycles. The van der Waals surface area contributed by atoms with E-state index in [1.807, 2.05) is 42.5 Å². The molecule has 0 spiro atoms. The zero-order valence-electron chi connectivity index (χ0n) is 31.7. The minimum absolute atomic E-state index is 0.0308. The number of hydrogen-bond acceptors (Lipinski definition) is 8. The number of aliphatic carboxylic acids is 1. The summed E-state index contributed by atoms with van der Waals surface area (Å²) in [7, 11) is 0. The van der Waals surface area contributed by atoms with Gasteiger partial charge in [0.25, 0.3) is 0 Å². The SMILES string of the molecule is N=C(N)c1ccc(CC(C(=O)N[C@@H](CCCCNC(=O)OCc2ccccc2)C(=O)N[C@@H](CCCN=C(N)N)C(N)=O)C2CCCCC2)cc1.O=C(O)C(F)(F)F. The van der Waals surface area contributed by atoms with Crippen LogP contribution in [0.25, 0.3) is 0 Å². The van der Waals surface area contributed by atoms with E-state index < -0.39 is 42.1 Å². The van der Waals surface area contributed by atoms with Crippen molar-refractivity contribution in [2.45, 2.75) is 95.5 Å². The second-order valence-corrected chi connectivity index (χ2v) is 13.6. The molecule has 314 valence electrons. The third-order valence-electron chi connectivity index (χ3n) is 9.16. The highest BCUT2D eigenvalue weighted by Gasteiger charge is 2.38. The molecule has 1 saturated carbocycles. The largest absolute Gasteiger partial charge is 0.490 e. The summed E-state index contributed by atoms with van der Waals surface area (Å²) in [5.74, 6) is -4.58. The molecular formula is C38H54F3N9O7. The lowest BCUT2D eigenvalue weighted by atomic mass is 9.76. The maximum Gasteiger partial charge on any atom is 0.490 e. The topological polar surface area (TPSA) is 291 Å². The van der Waals surface area contributed by atoms with Crippen LogP contribution in [0.5, 0.6) is 0 Å². The minimum Gasteiger partial charge on any atom is -0.475 e. The van der Waals surface area contributed by atoms with Gasteiger partial charge in [-0.25, -0.2) is 9.59 Å². The number of alkyl halides is 3. The van der Waals surface area contributed by atoms with Crippen molar-refractivity contribution in [1.82, 2.24) is 16.0 Å². The Morgan fingerprint density at radius 1 is 0.825 bits per heavy atom. The van der Waals surface area contributed by atoms with Gasteiger partial charge in [-0.15, -0.1) is 0 Å². The summed E-state index contributed by atoms with van der Waals surface area (Å²) in [5, 5.41) is 23.3. The number of nitrogens with one attached hydrogen (secondary N) is 4. The zero-order valence-corrected chi connectivity index (χ0v) is 31.7. The molecule has 19 heteroatoms. The number of aliphatic imine (C=N–C) groups is 1. The van der Waals surface area contributed by atoms with E-state index >= 15 is 0 Å². The number of alkyl carbamates (subject to hydrolysis) is 1. The number of primary amides is 1. The molecule has 3 atom stereocenters. The quantitative estimate of drug-likeness (QED) is 0.0536. The average molecular weight is 806 g/mol. The van der Waals surface area contributed by atoms with E-state index in [1.165, 1.54) is 0 Å². The van der Waals surface area contributed by atoms with Crippen LogP contribution in [0.3, 0.4) is 0 Å². The molecule has 16 nitrogen and oxygen atoms in total. The number of unbranched alkanes of at least 4 members (excludes halogenated alkanes) is 1. The van der Waals surface area contributed by atoms with Crippen LogP contribution in [0.15, 0.2) is 59.6 Å². The zero-order chi connectivity index (χ0) is 42.4. The first-order valence-electron chi connectivity index (χ1n) is 18.6. The molecule has 1 unspecified atom stereocenters. The number of rotatable bonds is 20. The van der Waals surface area contributed by atoms with Crippen LogP contribution in [0, 0.1) is 17.2 Å². The van der Waals surface area contributed by atoms with E-state index in [0.717, 1.165) is 43.2 Å². The molecular weight excluding hydrogens is 751 g/mol. The Morgan fingerprint density at radius 2 is 1.42 bits per heavy atom. The summed E-state index contributed by atoms with van der Waals surface area (Å²) >= 11 is 0. The Labute approximate surface area is 329 Å². The number of carboxylic acid groups (broad SMARTS) is 1. The number of amidine groups is 1. The van der Waals surface area contributed by atoms with E-state index in [4.69, 9.17) is 43.0 Å². The van der Waals surface area contributed by atoms with Crippen LogP contribution in [0.2, 0.25) is 0 Å². The lowest BCUT2D eigenvalue weighted by Gasteiger charge is -2.31. The summed E-state index contributed by atoms with van der Waals surface area (Å²) < 4.78 is 37.0. The van der Waals surface area contributed by atoms with Crippen LogP contribution in [-0.4, -0.2) is 78.0 Å². The molecule has 57 heavy (non-hydrogen) atoms. The normalized spacial score (nSPS) is 14.3. The van der Waals surface area contributed by atoms with Crippen LogP contribution >= 0.6 is 0 Å². The summed E-state index contributed by atoms with van der Waals surface area (Å²) in [4.78, 5) is 65.0. The van der Waals surface area contributed by atoms with Gasteiger partial charge >= 0.3 is 18.2 Å². The van der Waals surface area contributed by atoms with Crippen molar-refractivity contribution in [3.63, 3.8) is 0 Å². The van der Waals surface area contributed by atoms with E-state index in [0.29, 0.717) is 37.8 Å². The number of nitrogen functional groups attached to an aromatic ring is 1. The Bertz CT molecular complexity index is 1630. The first-order valence-corrected chi connectivity index (χ1v) is 18.6. The fraction of sp³-hybridized carbons (Fsp3) is 0.500. The van der Waals surface area contributed by atoms with Crippen molar-refractivity contribution < 1.29 is 47.0 Å². The summed E-state index contributed by atoms with van der Waals surface area (Å²) in [6.45, 7) is 0.724. The molecule has 2 aromatic carbocycles. The standard InChI is InChI=1S/C36H53N9O5.C2HF3O2/c37-31(38)27-18-16-24(17-19-27)22-28(26-12-5-2-6-13-26)33(47)45-30(34(48)44-29(32(39)46)15-9-21-42-35(40)41)14-7-8-20-43-36(49)50-23-25-10-3-1-4-11-25;3-2(4,5)1(6)7/h1,3-4,10-11,16-19,26,28-30H,2,5-9,12-15,20-23H2,(H3,37,38)(H2,39,46)(H,43,49)(H,44,48)(H,45,47)(H4,40,41,42);(H,6,7)/t28?,29-,30-;/m0./s1. The highest BCUT2D eigenvalue weighted by atomic mass is 19.4. The average Bonchev–Trinajstić information content (AvgIpc) is 3.17. The van der Waals surface area contributed by atoms with Gasteiger partial charge in [-0.2, -0.15) is 13.2 Å². The summed E-state index contributed by atoms with van der Waals surface area (Å²) in [6.07, 6.45) is 1.73. The Balaban J connectivity index is 0.00000146. The van der Waals surface area contributed by atoms with Crippen LogP contribution in [0.1, 0.15) is 80.9 Å². The number of ether oxygens (including phenoxy) is 1. The van der Waals surface area contributed by atoms with Gasteiger partial charge in [0, 0.05) is 24.6 Å². The third-order valence-corrected chi connectivity index (χ3v) is 9.16. The first kappa shape index (κ1) is 47.3. The van der Waals surface area contributed by atoms with Crippen LogP contribution in [-0.2, 0) is 36.9 Å². The predicted octanol–water partition coefficient (Wildman–Crippen LogP) is 2.95. The third kappa shape index (κ3) is 19.0. The number of carbonyl (C=O) groups excluding carboxylic acids is 4. The molecule has 4 amide bonds. The van der Waals surface area contributed by atoms with E-state index in [1.54, 1.807) is 12.1 Å². The van der Waals surface area contributed by atoms with E-state index in [9.17, 15) is 32.3 Å². The van der Waals surface area contributed by atoms with Crippen LogP contribution in [0.4, 0.5) is 18.0 Å². The van der Waals surface area contributed by atoms with Crippen molar-refractivity contribution in [3.8, 4) is 0 Å². The van der Waals surface area contributed by atoms with E-state index in [-0.39, 0.29) is 55.5 Å². The predicted molar refractivity (Wildman–Crippen MR) is 206 cm³/mol. The Morgan fingerprint density at radius 3 is 1.98 bits per heavy atom. The molecule has 0 heterocycles. The van der Waals surface area contributed by atoms with Gasteiger partial charge in [0.2, 0.25) is 17.7 Å². The fourth-order valence-corrected chi connectivity index (χ4v) is 6.13. The molecule has 0 aliphatic heterocycles. The van der Waals surface area contributed by atoms with Gasteiger partial charge in [0.05, 0.1) is 0 Å². The number of halogens is 3. The molecule has 2 aromatic rings.